The zero-order valence-electron chi connectivity index (χ0n) is 13.6. The van der Waals surface area contributed by atoms with E-state index < -0.39 is 0 Å². The van der Waals surface area contributed by atoms with Crippen LogP contribution in [0.5, 0.6) is 0 Å². The zero-order chi connectivity index (χ0) is 16.9. The van der Waals surface area contributed by atoms with E-state index >= 15 is 0 Å². The predicted molar refractivity (Wildman–Crippen MR) is 96.7 cm³/mol. The Hall–Kier alpha value is -1.88. The molecule has 1 heterocycles. The zero-order valence-corrected chi connectivity index (χ0v) is 14.4. The van der Waals surface area contributed by atoms with Crippen molar-refractivity contribution in [2.45, 2.75) is 31.3 Å². The molecule has 5 heteroatoms. The van der Waals surface area contributed by atoms with Gasteiger partial charge in [-0.1, -0.05) is 67.1 Å². The van der Waals surface area contributed by atoms with E-state index in [2.05, 4.69) is 35.2 Å². The van der Waals surface area contributed by atoms with Gasteiger partial charge in [0.1, 0.15) is 6.04 Å². The molecule has 0 saturated carbocycles. The van der Waals surface area contributed by atoms with Gasteiger partial charge in [-0.15, -0.1) is 0 Å². The summed E-state index contributed by atoms with van der Waals surface area (Å²) < 4.78 is 0. The van der Waals surface area contributed by atoms with Crippen molar-refractivity contribution in [1.29, 1.82) is 0 Å². The second-order valence-corrected chi connectivity index (χ2v) is 6.62. The normalized spacial score (nSPS) is 21.4. The smallest absolute Gasteiger partial charge is 0.238 e. The topological polar surface area (TPSA) is 53.2 Å². The van der Waals surface area contributed by atoms with Crippen LogP contribution in [0, 0.1) is 0 Å². The quantitative estimate of drug-likeness (QED) is 0.781. The van der Waals surface area contributed by atoms with Gasteiger partial charge < -0.3 is 5.32 Å². The molecular weight excluding hydrogens is 322 g/mol. The molecule has 24 heavy (non-hydrogen) atoms. The fraction of sp³-hybridized carbons (Fsp3) is 0.316. The molecule has 1 aliphatic rings. The molecule has 1 saturated heterocycles. The van der Waals surface area contributed by atoms with Crippen LogP contribution < -0.4 is 16.2 Å². The number of rotatable bonds is 5. The number of hydrazine groups is 1. The number of nitrogens with one attached hydrogen (secondary N) is 3. The lowest BCUT2D eigenvalue weighted by molar-refractivity contribution is -0.122. The van der Waals surface area contributed by atoms with Gasteiger partial charge >= 0.3 is 0 Å². The van der Waals surface area contributed by atoms with Crippen LogP contribution in [0.4, 0.5) is 0 Å². The van der Waals surface area contributed by atoms with Gasteiger partial charge in [-0.25, -0.2) is 10.9 Å². The van der Waals surface area contributed by atoms with Crippen LogP contribution in [-0.4, -0.2) is 18.5 Å². The molecule has 2 aromatic carbocycles. The third kappa shape index (κ3) is 3.96. The Labute approximate surface area is 147 Å². The van der Waals surface area contributed by atoms with Crippen LogP contribution in [0.1, 0.15) is 36.4 Å². The highest BCUT2D eigenvalue weighted by atomic mass is 35.5. The van der Waals surface area contributed by atoms with Gasteiger partial charge in [0.15, 0.2) is 0 Å². The summed E-state index contributed by atoms with van der Waals surface area (Å²) in [5, 5.41) is 3.75. The predicted octanol–water partition coefficient (Wildman–Crippen LogP) is 3.17. The third-order valence-corrected chi connectivity index (χ3v) is 4.80. The van der Waals surface area contributed by atoms with Gasteiger partial charge in [0.2, 0.25) is 5.91 Å². The van der Waals surface area contributed by atoms with E-state index in [1.165, 1.54) is 5.56 Å². The molecule has 3 rings (SSSR count). The Morgan fingerprint density at radius 2 is 1.88 bits per heavy atom. The van der Waals surface area contributed by atoms with E-state index in [0.29, 0.717) is 13.0 Å². The van der Waals surface area contributed by atoms with Crippen LogP contribution in [0.25, 0.3) is 0 Å². The van der Waals surface area contributed by atoms with Crippen molar-refractivity contribution >= 4 is 17.5 Å². The fourth-order valence-electron chi connectivity index (χ4n) is 2.97. The molecule has 0 bridgehead atoms. The third-order valence-electron chi connectivity index (χ3n) is 4.45. The Morgan fingerprint density at radius 3 is 2.62 bits per heavy atom. The van der Waals surface area contributed by atoms with Crippen molar-refractivity contribution in [3.05, 3.63) is 70.7 Å². The van der Waals surface area contributed by atoms with Crippen LogP contribution in [-0.2, 0) is 4.79 Å². The monoisotopic (exact) mass is 343 g/mol. The number of carbonyl (C=O) groups is 1. The van der Waals surface area contributed by atoms with Crippen molar-refractivity contribution in [3.63, 3.8) is 0 Å². The SMILES string of the molecule is CC(CNC(=O)C1CC(c2ccccc2Cl)NN1)c1ccccc1. The number of carbonyl (C=O) groups excluding carboxylic acids is 1. The van der Waals surface area contributed by atoms with E-state index in [9.17, 15) is 4.79 Å². The summed E-state index contributed by atoms with van der Waals surface area (Å²) in [6, 6.07) is 17.7. The molecule has 1 fully saturated rings. The van der Waals surface area contributed by atoms with E-state index in [1.54, 1.807) is 0 Å². The number of halogens is 1. The maximum absolute atomic E-state index is 12.4. The molecule has 3 unspecified atom stereocenters. The van der Waals surface area contributed by atoms with Gasteiger partial charge in [-0.05, 0) is 29.5 Å². The van der Waals surface area contributed by atoms with E-state index in [0.717, 1.165) is 10.6 Å². The highest BCUT2D eigenvalue weighted by Gasteiger charge is 2.31. The summed E-state index contributed by atoms with van der Waals surface area (Å²) in [5.41, 5.74) is 8.48. The van der Waals surface area contributed by atoms with Gasteiger partial charge in [0, 0.05) is 17.6 Å². The summed E-state index contributed by atoms with van der Waals surface area (Å²) in [5.74, 6) is 0.295. The molecule has 0 spiro atoms. The molecule has 0 radical (unpaired) electrons. The molecular formula is C19H22ClN3O. The van der Waals surface area contributed by atoms with Crippen molar-refractivity contribution in [3.8, 4) is 0 Å². The minimum absolute atomic E-state index is 0.0137. The van der Waals surface area contributed by atoms with Crippen LogP contribution in [0.15, 0.2) is 54.6 Å². The second kappa shape index (κ2) is 7.79. The molecule has 1 amide bonds. The number of hydrogen-bond donors (Lipinski definition) is 3. The van der Waals surface area contributed by atoms with Gasteiger partial charge in [0.05, 0.1) is 0 Å². The van der Waals surface area contributed by atoms with Gasteiger partial charge in [-0.3, -0.25) is 4.79 Å². The molecule has 126 valence electrons. The maximum Gasteiger partial charge on any atom is 0.238 e. The van der Waals surface area contributed by atoms with Crippen LogP contribution in [0.3, 0.4) is 0 Å². The van der Waals surface area contributed by atoms with Crippen molar-refractivity contribution in [2.75, 3.05) is 6.54 Å². The molecule has 1 aliphatic heterocycles. The highest BCUT2D eigenvalue weighted by Crippen LogP contribution is 2.28. The van der Waals surface area contributed by atoms with Crippen LogP contribution in [0.2, 0.25) is 5.02 Å². The highest BCUT2D eigenvalue weighted by molar-refractivity contribution is 6.31. The number of amides is 1. The Morgan fingerprint density at radius 1 is 1.17 bits per heavy atom. The first-order chi connectivity index (χ1) is 11.6. The minimum Gasteiger partial charge on any atom is -0.354 e. The van der Waals surface area contributed by atoms with Crippen molar-refractivity contribution in [1.82, 2.24) is 16.2 Å². The van der Waals surface area contributed by atoms with E-state index in [4.69, 9.17) is 11.6 Å². The van der Waals surface area contributed by atoms with Crippen molar-refractivity contribution < 1.29 is 4.79 Å². The summed E-state index contributed by atoms with van der Waals surface area (Å²) in [6.45, 7) is 2.74. The van der Waals surface area contributed by atoms with Gasteiger partial charge in [-0.2, -0.15) is 0 Å². The lowest BCUT2D eigenvalue weighted by atomic mass is 10.00. The lowest BCUT2D eigenvalue weighted by Gasteiger charge is -2.15. The molecule has 0 aromatic heterocycles. The lowest BCUT2D eigenvalue weighted by Crippen LogP contribution is -2.44. The summed E-state index contributed by atoms with van der Waals surface area (Å²) >= 11 is 6.23. The van der Waals surface area contributed by atoms with Gasteiger partial charge in [0.25, 0.3) is 0 Å². The molecule has 3 atom stereocenters. The summed E-state index contributed by atoms with van der Waals surface area (Å²) in [4.78, 5) is 12.4. The average molecular weight is 344 g/mol. The first-order valence-electron chi connectivity index (χ1n) is 8.23. The van der Waals surface area contributed by atoms with Crippen molar-refractivity contribution in [2.24, 2.45) is 0 Å². The Balaban J connectivity index is 1.53. The minimum atomic E-state index is -0.255. The average Bonchev–Trinajstić information content (AvgIpc) is 3.10. The summed E-state index contributed by atoms with van der Waals surface area (Å²) in [7, 11) is 0. The Kier molecular flexibility index (Phi) is 5.51. The first kappa shape index (κ1) is 17.0. The molecule has 2 aromatic rings. The Bertz CT molecular complexity index is 692. The summed E-state index contributed by atoms with van der Waals surface area (Å²) in [6.07, 6.45) is 0.676. The molecule has 4 nitrogen and oxygen atoms in total. The second-order valence-electron chi connectivity index (χ2n) is 6.21. The fourth-order valence-corrected chi connectivity index (χ4v) is 3.23. The number of benzene rings is 2. The number of hydrogen-bond acceptors (Lipinski definition) is 3. The van der Waals surface area contributed by atoms with Crippen LogP contribution >= 0.6 is 11.6 Å². The maximum atomic E-state index is 12.4. The van der Waals surface area contributed by atoms with E-state index in [1.807, 2.05) is 42.5 Å². The first-order valence-corrected chi connectivity index (χ1v) is 8.61. The standard InChI is InChI=1S/C19H22ClN3O/c1-13(14-7-3-2-4-8-14)12-21-19(24)18-11-17(22-23-18)15-9-5-6-10-16(15)20/h2-10,13,17-18,22-23H,11-12H2,1H3,(H,21,24). The molecule has 3 N–H and O–H groups in total. The largest absolute Gasteiger partial charge is 0.354 e. The molecule has 0 aliphatic carbocycles. The van der Waals surface area contributed by atoms with E-state index in [-0.39, 0.29) is 23.9 Å².